The fourth-order valence-electron chi connectivity index (χ4n) is 1.86. The number of rotatable bonds is 5. The van der Waals surface area contributed by atoms with E-state index in [1.165, 1.54) is 6.92 Å². The van der Waals surface area contributed by atoms with Gasteiger partial charge in [-0.25, -0.2) is 20.0 Å². The second-order valence-electron chi connectivity index (χ2n) is 5.77. The Kier molecular flexibility index (Phi) is 7.23. The van der Waals surface area contributed by atoms with Crippen molar-refractivity contribution >= 4 is 18.0 Å². The Hall–Kier alpha value is -2.57. The van der Waals surface area contributed by atoms with E-state index in [1.807, 2.05) is 0 Å². The van der Waals surface area contributed by atoms with Crippen LogP contribution in [0.5, 0.6) is 0 Å². The molecular weight excluding hydrogens is 312 g/mol. The molecule has 1 aromatic rings. The van der Waals surface area contributed by atoms with Gasteiger partial charge in [0.25, 0.3) is 0 Å². The summed E-state index contributed by atoms with van der Waals surface area (Å²) in [6, 6.07) is 7.53. The number of hydrogen-bond acceptors (Lipinski definition) is 5. The maximum atomic E-state index is 12.5. The Labute approximate surface area is 141 Å². The van der Waals surface area contributed by atoms with Crippen molar-refractivity contribution < 1.29 is 23.9 Å². The highest BCUT2D eigenvalue weighted by Gasteiger charge is 2.30. The van der Waals surface area contributed by atoms with Crippen LogP contribution in [0.25, 0.3) is 0 Å². The van der Waals surface area contributed by atoms with Gasteiger partial charge in [0.2, 0.25) is 0 Å². The van der Waals surface area contributed by atoms with Gasteiger partial charge in [-0.05, 0) is 34.6 Å². The summed E-state index contributed by atoms with van der Waals surface area (Å²) in [7, 11) is 0. The summed E-state index contributed by atoms with van der Waals surface area (Å²) >= 11 is 0. The predicted octanol–water partition coefficient (Wildman–Crippen LogP) is 3.15. The number of ether oxygens (including phenoxy) is 2. The molecule has 0 aliphatic carbocycles. The molecule has 0 unspecified atom stereocenters. The molecule has 0 radical (unpaired) electrons. The van der Waals surface area contributed by atoms with Gasteiger partial charge in [0, 0.05) is 5.56 Å². The molecule has 1 rings (SSSR count). The summed E-state index contributed by atoms with van der Waals surface area (Å²) in [6.45, 7) is 8.20. The first-order valence-electron chi connectivity index (χ1n) is 7.78. The topological polar surface area (TPSA) is 84.9 Å². The third-order valence-corrected chi connectivity index (χ3v) is 2.91. The molecule has 0 spiro atoms. The van der Waals surface area contributed by atoms with Crippen LogP contribution in [-0.2, 0) is 9.47 Å². The highest BCUT2D eigenvalue weighted by Crippen LogP contribution is 2.10. The number of nitrogens with zero attached hydrogens (tertiary/aromatic N) is 1. The zero-order valence-corrected chi connectivity index (χ0v) is 14.6. The Balaban J connectivity index is 2.96. The summed E-state index contributed by atoms with van der Waals surface area (Å²) in [5.74, 6) is -0.332. The summed E-state index contributed by atoms with van der Waals surface area (Å²) < 4.78 is 10.1. The second-order valence-corrected chi connectivity index (χ2v) is 5.77. The molecule has 1 atom stereocenters. The lowest BCUT2D eigenvalue weighted by Crippen LogP contribution is -2.54. The molecule has 0 heterocycles. The first-order chi connectivity index (χ1) is 11.2. The normalized spacial score (nSPS) is 11.8. The molecule has 0 aliphatic rings. The lowest BCUT2D eigenvalue weighted by atomic mass is 10.1. The van der Waals surface area contributed by atoms with E-state index in [4.69, 9.17) is 9.47 Å². The van der Waals surface area contributed by atoms with Crippen molar-refractivity contribution in [2.45, 2.75) is 52.9 Å². The van der Waals surface area contributed by atoms with Crippen molar-refractivity contribution in [3.8, 4) is 0 Å². The van der Waals surface area contributed by atoms with E-state index >= 15 is 0 Å². The summed E-state index contributed by atoms with van der Waals surface area (Å²) in [5.41, 5.74) is 2.70. The predicted molar refractivity (Wildman–Crippen MR) is 88.4 cm³/mol. The fraction of sp³-hybridized carbons (Fsp3) is 0.471. The van der Waals surface area contributed by atoms with Gasteiger partial charge in [0.15, 0.2) is 5.78 Å². The maximum Gasteiger partial charge on any atom is 0.429 e. The van der Waals surface area contributed by atoms with E-state index in [0.717, 1.165) is 5.01 Å². The Morgan fingerprint density at radius 3 is 1.96 bits per heavy atom. The molecule has 7 nitrogen and oxygen atoms in total. The van der Waals surface area contributed by atoms with Crippen LogP contribution >= 0.6 is 0 Å². The molecule has 0 bridgehead atoms. The summed E-state index contributed by atoms with van der Waals surface area (Å²) in [4.78, 5) is 36.6. The van der Waals surface area contributed by atoms with Gasteiger partial charge >= 0.3 is 12.2 Å². The largest absolute Gasteiger partial charge is 0.446 e. The Morgan fingerprint density at radius 2 is 1.46 bits per heavy atom. The first-order valence-corrected chi connectivity index (χ1v) is 7.78. The van der Waals surface area contributed by atoms with Crippen LogP contribution < -0.4 is 5.43 Å². The van der Waals surface area contributed by atoms with E-state index in [0.29, 0.717) is 5.56 Å². The standard InChI is InChI=1S/C17H24N2O5/c1-11(2)23-16(21)18-19(17(22)24-12(3)4)13(5)15(20)14-9-7-6-8-10-14/h6-13H,1-5H3,(H,18,21)/t13-/m1/s1. The van der Waals surface area contributed by atoms with E-state index in [-0.39, 0.29) is 11.9 Å². The highest BCUT2D eigenvalue weighted by molar-refractivity contribution is 6.01. The van der Waals surface area contributed by atoms with Crippen LogP contribution in [0.3, 0.4) is 0 Å². The minimum Gasteiger partial charge on any atom is -0.446 e. The fourth-order valence-corrected chi connectivity index (χ4v) is 1.86. The molecule has 2 amide bonds. The monoisotopic (exact) mass is 336 g/mol. The summed E-state index contributed by atoms with van der Waals surface area (Å²) in [6.07, 6.45) is -2.43. The minimum absolute atomic E-state index is 0.332. The van der Waals surface area contributed by atoms with Crippen molar-refractivity contribution in [2.24, 2.45) is 0 Å². The van der Waals surface area contributed by atoms with Crippen molar-refractivity contribution in [1.29, 1.82) is 0 Å². The van der Waals surface area contributed by atoms with E-state index in [2.05, 4.69) is 5.43 Å². The van der Waals surface area contributed by atoms with E-state index in [1.54, 1.807) is 58.0 Å². The highest BCUT2D eigenvalue weighted by atomic mass is 16.6. The van der Waals surface area contributed by atoms with Crippen LogP contribution in [0.4, 0.5) is 9.59 Å². The van der Waals surface area contributed by atoms with Crippen molar-refractivity contribution in [1.82, 2.24) is 10.4 Å². The SMILES string of the molecule is CC(C)OC(=O)NN(C(=O)OC(C)C)[C@H](C)C(=O)c1ccccc1. The second kappa shape index (κ2) is 8.90. The van der Waals surface area contributed by atoms with Crippen LogP contribution in [0.1, 0.15) is 45.0 Å². The van der Waals surface area contributed by atoms with Gasteiger partial charge in [0.05, 0.1) is 12.2 Å². The zero-order chi connectivity index (χ0) is 18.3. The molecule has 0 aromatic heterocycles. The number of carbonyl (C=O) groups excluding carboxylic acids is 3. The number of amides is 2. The van der Waals surface area contributed by atoms with Gasteiger partial charge in [-0.2, -0.15) is 0 Å². The van der Waals surface area contributed by atoms with Crippen LogP contribution in [0, 0.1) is 0 Å². The van der Waals surface area contributed by atoms with E-state index < -0.39 is 24.3 Å². The molecule has 1 aromatic carbocycles. The van der Waals surface area contributed by atoms with E-state index in [9.17, 15) is 14.4 Å². The van der Waals surface area contributed by atoms with Crippen LogP contribution in [-0.4, -0.2) is 41.2 Å². The number of Topliss-reactive ketones (excluding diaryl/α,β-unsaturated/α-hetero) is 1. The molecule has 0 fully saturated rings. The lowest BCUT2D eigenvalue weighted by Gasteiger charge is -2.28. The minimum atomic E-state index is -0.960. The third kappa shape index (κ3) is 5.91. The van der Waals surface area contributed by atoms with Crippen LogP contribution in [0.2, 0.25) is 0 Å². The molecule has 132 valence electrons. The molecule has 0 aliphatic heterocycles. The van der Waals surface area contributed by atoms with Gasteiger partial charge in [-0.3, -0.25) is 4.79 Å². The summed E-state index contributed by atoms with van der Waals surface area (Å²) in [5, 5.41) is 0.847. The number of hydrazine groups is 1. The molecule has 24 heavy (non-hydrogen) atoms. The zero-order valence-electron chi connectivity index (χ0n) is 14.6. The number of ketones is 1. The maximum absolute atomic E-state index is 12.5. The van der Waals surface area contributed by atoms with Gasteiger partial charge in [-0.15, -0.1) is 0 Å². The Bertz CT molecular complexity index is 572. The molecule has 7 heteroatoms. The Morgan fingerprint density at radius 1 is 0.917 bits per heavy atom. The number of carbonyl (C=O) groups is 3. The van der Waals surface area contributed by atoms with Crippen molar-refractivity contribution in [3.05, 3.63) is 35.9 Å². The quantitative estimate of drug-likeness (QED) is 0.659. The molecular formula is C17H24N2O5. The first kappa shape index (κ1) is 19.5. The number of benzene rings is 1. The van der Waals surface area contributed by atoms with Crippen molar-refractivity contribution in [2.75, 3.05) is 0 Å². The van der Waals surface area contributed by atoms with Crippen LogP contribution in [0.15, 0.2) is 30.3 Å². The van der Waals surface area contributed by atoms with Gasteiger partial charge < -0.3 is 9.47 Å². The van der Waals surface area contributed by atoms with Gasteiger partial charge in [0.1, 0.15) is 6.04 Å². The average molecular weight is 336 g/mol. The third-order valence-electron chi connectivity index (χ3n) is 2.91. The number of hydrogen-bond donors (Lipinski definition) is 1. The van der Waals surface area contributed by atoms with Crippen molar-refractivity contribution in [3.63, 3.8) is 0 Å². The smallest absolute Gasteiger partial charge is 0.429 e. The number of nitrogens with one attached hydrogen (secondary N) is 1. The lowest BCUT2D eigenvalue weighted by molar-refractivity contribution is 0.0326. The van der Waals surface area contributed by atoms with Gasteiger partial charge in [-0.1, -0.05) is 30.3 Å². The molecule has 0 saturated heterocycles. The molecule has 0 saturated carbocycles. The average Bonchev–Trinajstić information content (AvgIpc) is 2.50. The molecule has 1 N–H and O–H groups in total.